The van der Waals surface area contributed by atoms with Crippen LogP contribution < -0.4 is 0 Å². The second-order valence-electron chi connectivity index (χ2n) is 7.54. The van der Waals surface area contributed by atoms with E-state index in [1.54, 1.807) is 39.6 Å². The van der Waals surface area contributed by atoms with Crippen molar-refractivity contribution < 1.29 is 9.72 Å². The molecule has 0 N–H and O–H groups in total. The monoisotopic (exact) mass is 430 g/mol. The van der Waals surface area contributed by atoms with Crippen molar-refractivity contribution in [2.24, 2.45) is 7.05 Å². The van der Waals surface area contributed by atoms with E-state index in [1.807, 2.05) is 49.8 Å². The molecule has 9 heteroatoms. The highest BCUT2D eigenvalue weighted by Gasteiger charge is 2.19. The van der Waals surface area contributed by atoms with Gasteiger partial charge in [-0.3, -0.25) is 19.6 Å². The van der Waals surface area contributed by atoms with Gasteiger partial charge in [-0.05, 0) is 24.3 Å². The van der Waals surface area contributed by atoms with Gasteiger partial charge < -0.3 is 4.90 Å². The molecular formula is C23H22N6O3. The molecule has 4 rings (SSSR count). The molecule has 0 fully saturated rings. The van der Waals surface area contributed by atoms with Gasteiger partial charge in [0.2, 0.25) is 5.91 Å². The van der Waals surface area contributed by atoms with Gasteiger partial charge >= 0.3 is 0 Å². The lowest BCUT2D eigenvalue weighted by atomic mass is 10.1. The van der Waals surface area contributed by atoms with Crippen LogP contribution in [0.2, 0.25) is 0 Å². The third-order valence-electron chi connectivity index (χ3n) is 5.11. The van der Waals surface area contributed by atoms with E-state index >= 15 is 0 Å². The molecule has 0 aliphatic heterocycles. The van der Waals surface area contributed by atoms with Crippen LogP contribution in [0, 0.1) is 10.1 Å². The summed E-state index contributed by atoms with van der Waals surface area (Å²) in [6, 6.07) is 15.8. The van der Waals surface area contributed by atoms with Gasteiger partial charge in [0.15, 0.2) is 0 Å². The molecule has 32 heavy (non-hydrogen) atoms. The molecule has 0 bridgehead atoms. The van der Waals surface area contributed by atoms with Gasteiger partial charge in [0.1, 0.15) is 0 Å². The number of para-hydroxylation sites is 1. The number of nitro benzene ring substituents is 1. The number of hydrogen-bond donors (Lipinski definition) is 0. The first-order chi connectivity index (χ1) is 15.4. The summed E-state index contributed by atoms with van der Waals surface area (Å²) >= 11 is 0. The Morgan fingerprint density at radius 3 is 2.44 bits per heavy atom. The van der Waals surface area contributed by atoms with Crippen LogP contribution in [0.25, 0.3) is 16.9 Å². The Bertz CT molecular complexity index is 1240. The maximum Gasteiger partial charge on any atom is 0.269 e. The number of nitrogens with zero attached hydrogens (tertiary/aromatic N) is 6. The zero-order valence-corrected chi connectivity index (χ0v) is 17.8. The van der Waals surface area contributed by atoms with E-state index < -0.39 is 4.92 Å². The number of rotatable bonds is 7. The van der Waals surface area contributed by atoms with Crippen LogP contribution in [-0.2, 0) is 24.8 Å². The van der Waals surface area contributed by atoms with Crippen molar-refractivity contribution in [1.29, 1.82) is 0 Å². The Hall–Kier alpha value is -4.27. The third-order valence-corrected chi connectivity index (χ3v) is 5.11. The molecule has 0 spiro atoms. The molecule has 2 aromatic carbocycles. The minimum Gasteiger partial charge on any atom is -0.341 e. The number of amides is 1. The molecule has 2 heterocycles. The SMILES string of the molecule is CN(Cc1cnn(C)c1)C(=O)Cc1cn(-c2ccccc2)nc1-c1ccc([N+](=O)[O-])cc1. The number of carbonyl (C=O) groups is 1. The highest BCUT2D eigenvalue weighted by Crippen LogP contribution is 2.26. The van der Waals surface area contributed by atoms with Crippen LogP contribution in [0.5, 0.6) is 0 Å². The number of hydrogen-bond acceptors (Lipinski definition) is 5. The van der Waals surface area contributed by atoms with Gasteiger partial charge in [0, 0.05) is 61.9 Å². The summed E-state index contributed by atoms with van der Waals surface area (Å²) in [5.41, 5.74) is 3.88. The number of nitro groups is 1. The minimum atomic E-state index is -0.440. The molecule has 1 amide bonds. The summed E-state index contributed by atoms with van der Waals surface area (Å²) < 4.78 is 3.42. The quantitative estimate of drug-likeness (QED) is 0.331. The number of benzene rings is 2. The predicted octanol–water partition coefficient (Wildman–Crippen LogP) is 3.38. The van der Waals surface area contributed by atoms with Crippen LogP contribution in [0.15, 0.2) is 73.2 Å². The van der Waals surface area contributed by atoms with Gasteiger partial charge in [0.05, 0.1) is 28.9 Å². The molecule has 162 valence electrons. The summed E-state index contributed by atoms with van der Waals surface area (Å²) in [4.78, 5) is 25.2. The largest absolute Gasteiger partial charge is 0.341 e. The first kappa shape index (κ1) is 21.0. The van der Waals surface area contributed by atoms with Crippen LogP contribution in [-0.4, -0.2) is 42.3 Å². The molecule has 0 unspecified atom stereocenters. The van der Waals surface area contributed by atoms with E-state index in [-0.39, 0.29) is 18.0 Å². The maximum absolute atomic E-state index is 13.0. The third kappa shape index (κ3) is 4.56. The molecule has 0 saturated carbocycles. The van der Waals surface area contributed by atoms with Gasteiger partial charge in [0.25, 0.3) is 5.69 Å². The Balaban J connectivity index is 1.64. The average Bonchev–Trinajstić information content (AvgIpc) is 3.40. The van der Waals surface area contributed by atoms with Crippen molar-refractivity contribution in [2.75, 3.05) is 7.05 Å². The van der Waals surface area contributed by atoms with E-state index in [4.69, 9.17) is 0 Å². The van der Waals surface area contributed by atoms with E-state index in [2.05, 4.69) is 10.2 Å². The highest BCUT2D eigenvalue weighted by atomic mass is 16.6. The summed E-state index contributed by atoms with van der Waals surface area (Å²) in [7, 11) is 3.59. The molecular weight excluding hydrogens is 408 g/mol. The fourth-order valence-electron chi connectivity index (χ4n) is 3.45. The molecule has 0 aliphatic carbocycles. The van der Waals surface area contributed by atoms with E-state index in [0.29, 0.717) is 17.8 Å². The average molecular weight is 430 g/mol. The van der Waals surface area contributed by atoms with Crippen LogP contribution in [0.1, 0.15) is 11.1 Å². The molecule has 0 atom stereocenters. The second kappa shape index (κ2) is 8.84. The van der Waals surface area contributed by atoms with Crippen molar-refractivity contribution in [3.8, 4) is 16.9 Å². The van der Waals surface area contributed by atoms with Crippen molar-refractivity contribution in [2.45, 2.75) is 13.0 Å². The summed E-state index contributed by atoms with van der Waals surface area (Å²) in [5.74, 6) is -0.0652. The fraction of sp³-hybridized carbons (Fsp3) is 0.174. The Morgan fingerprint density at radius 1 is 1.09 bits per heavy atom. The summed E-state index contributed by atoms with van der Waals surface area (Å²) in [6.45, 7) is 0.451. The molecule has 0 radical (unpaired) electrons. The van der Waals surface area contributed by atoms with Crippen molar-refractivity contribution in [3.05, 3.63) is 94.4 Å². The zero-order chi connectivity index (χ0) is 22.7. The normalized spacial score (nSPS) is 10.8. The predicted molar refractivity (Wildman–Crippen MR) is 119 cm³/mol. The number of aryl methyl sites for hydroxylation is 1. The lowest BCUT2D eigenvalue weighted by Crippen LogP contribution is -2.27. The summed E-state index contributed by atoms with van der Waals surface area (Å²) in [5, 5.41) is 19.8. The number of likely N-dealkylation sites (N-methyl/N-ethyl adjacent to an activating group) is 1. The lowest BCUT2D eigenvalue weighted by Gasteiger charge is -2.16. The molecule has 0 saturated heterocycles. The first-order valence-electron chi connectivity index (χ1n) is 10.0. The van der Waals surface area contributed by atoms with Gasteiger partial charge in [-0.1, -0.05) is 18.2 Å². The van der Waals surface area contributed by atoms with E-state index in [9.17, 15) is 14.9 Å². The number of aromatic nitrogens is 4. The Labute approximate surface area is 184 Å². The Kier molecular flexibility index (Phi) is 5.80. The van der Waals surface area contributed by atoms with Crippen LogP contribution in [0.4, 0.5) is 5.69 Å². The molecule has 0 aliphatic rings. The van der Waals surface area contributed by atoms with Crippen molar-refractivity contribution >= 4 is 11.6 Å². The summed E-state index contributed by atoms with van der Waals surface area (Å²) in [6.07, 6.45) is 5.59. The van der Waals surface area contributed by atoms with Crippen molar-refractivity contribution in [1.82, 2.24) is 24.5 Å². The molecule has 9 nitrogen and oxygen atoms in total. The fourth-order valence-corrected chi connectivity index (χ4v) is 3.45. The minimum absolute atomic E-state index is 0.00470. The second-order valence-corrected chi connectivity index (χ2v) is 7.54. The van der Waals surface area contributed by atoms with E-state index in [0.717, 1.165) is 16.8 Å². The van der Waals surface area contributed by atoms with Crippen molar-refractivity contribution in [3.63, 3.8) is 0 Å². The van der Waals surface area contributed by atoms with Crippen LogP contribution in [0.3, 0.4) is 0 Å². The Morgan fingerprint density at radius 2 is 1.81 bits per heavy atom. The molecule has 4 aromatic rings. The standard InChI is InChI=1S/C23H22N6O3/c1-26(14-17-13-24-27(2)15-17)22(30)12-19-16-28(20-6-4-3-5-7-20)25-23(19)18-8-10-21(11-9-18)29(31)32/h3-11,13,15-16H,12,14H2,1-2H3. The zero-order valence-electron chi connectivity index (χ0n) is 17.8. The van der Waals surface area contributed by atoms with Gasteiger partial charge in [-0.2, -0.15) is 10.2 Å². The smallest absolute Gasteiger partial charge is 0.269 e. The first-order valence-corrected chi connectivity index (χ1v) is 10.0. The number of non-ortho nitro benzene ring substituents is 1. The lowest BCUT2D eigenvalue weighted by molar-refractivity contribution is -0.384. The van der Waals surface area contributed by atoms with Gasteiger partial charge in [-0.25, -0.2) is 4.68 Å². The van der Waals surface area contributed by atoms with Gasteiger partial charge in [-0.15, -0.1) is 0 Å². The topological polar surface area (TPSA) is 99.1 Å². The van der Waals surface area contributed by atoms with E-state index in [1.165, 1.54) is 12.1 Å². The maximum atomic E-state index is 13.0. The number of carbonyl (C=O) groups excluding carboxylic acids is 1. The molecule has 2 aromatic heterocycles. The highest BCUT2D eigenvalue weighted by molar-refractivity contribution is 5.81. The van der Waals surface area contributed by atoms with Crippen LogP contribution >= 0.6 is 0 Å².